The van der Waals surface area contributed by atoms with Gasteiger partial charge in [-0.15, -0.1) is 0 Å². The number of aliphatic imine (C=N–C) groups is 1. The summed E-state index contributed by atoms with van der Waals surface area (Å²) in [7, 11) is 3.48. The van der Waals surface area contributed by atoms with E-state index in [9.17, 15) is 4.79 Å². The van der Waals surface area contributed by atoms with Gasteiger partial charge in [0.15, 0.2) is 5.96 Å². The van der Waals surface area contributed by atoms with Gasteiger partial charge in [0.25, 0.3) is 0 Å². The Labute approximate surface area is 138 Å². The average molecular weight is 330 g/mol. The summed E-state index contributed by atoms with van der Waals surface area (Å²) < 4.78 is 5.50. The number of thioether (sulfide) groups is 1. The van der Waals surface area contributed by atoms with Crippen molar-refractivity contribution in [2.24, 2.45) is 10.9 Å². The SMILES string of the molecule is CSC(C)(C)CNC(=NCC(=O)N(C)C)NCC1CCOC1. The minimum Gasteiger partial charge on any atom is -0.381 e. The summed E-state index contributed by atoms with van der Waals surface area (Å²) >= 11 is 1.80. The van der Waals surface area contributed by atoms with Crippen molar-refractivity contribution in [3.05, 3.63) is 0 Å². The molecule has 1 aliphatic rings. The molecule has 1 atom stereocenters. The summed E-state index contributed by atoms with van der Waals surface area (Å²) in [5.41, 5.74) is 0. The molecule has 0 aromatic heterocycles. The third-order valence-corrected chi connectivity index (χ3v) is 4.94. The van der Waals surface area contributed by atoms with Crippen LogP contribution in [0.4, 0.5) is 0 Å². The fourth-order valence-electron chi connectivity index (χ4n) is 1.82. The first-order valence-electron chi connectivity index (χ1n) is 7.69. The van der Waals surface area contributed by atoms with E-state index >= 15 is 0 Å². The molecule has 0 aromatic carbocycles. The minimum absolute atomic E-state index is 0.00516. The zero-order valence-corrected chi connectivity index (χ0v) is 15.3. The Morgan fingerprint density at radius 3 is 2.68 bits per heavy atom. The van der Waals surface area contributed by atoms with Gasteiger partial charge in [-0.1, -0.05) is 0 Å². The molecule has 6 nitrogen and oxygen atoms in total. The van der Waals surface area contributed by atoms with Gasteiger partial charge in [-0.25, -0.2) is 4.99 Å². The van der Waals surface area contributed by atoms with Crippen LogP contribution in [0.2, 0.25) is 0 Å². The molecule has 0 saturated carbocycles. The molecule has 128 valence electrons. The number of nitrogens with zero attached hydrogens (tertiary/aromatic N) is 2. The van der Waals surface area contributed by atoms with Crippen LogP contribution in [0.15, 0.2) is 4.99 Å². The Hall–Kier alpha value is -0.950. The zero-order chi connectivity index (χ0) is 16.6. The van der Waals surface area contributed by atoms with Crippen LogP contribution >= 0.6 is 11.8 Å². The van der Waals surface area contributed by atoms with Crippen LogP contribution in [-0.2, 0) is 9.53 Å². The van der Waals surface area contributed by atoms with Crippen LogP contribution in [0.25, 0.3) is 0 Å². The van der Waals surface area contributed by atoms with Crippen LogP contribution in [-0.4, -0.2) is 74.7 Å². The largest absolute Gasteiger partial charge is 0.381 e. The Morgan fingerprint density at radius 2 is 2.14 bits per heavy atom. The second kappa shape index (κ2) is 9.25. The minimum atomic E-state index is -0.00516. The Kier molecular flexibility index (Phi) is 8.03. The number of ether oxygens (including phenoxy) is 1. The van der Waals surface area contributed by atoms with Gasteiger partial charge in [0.2, 0.25) is 5.91 Å². The number of carbonyl (C=O) groups excluding carboxylic acids is 1. The van der Waals surface area contributed by atoms with E-state index < -0.39 is 0 Å². The molecule has 22 heavy (non-hydrogen) atoms. The van der Waals surface area contributed by atoms with Crippen molar-refractivity contribution in [2.45, 2.75) is 25.0 Å². The summed E-state index contributed by atoms with van der Waals surface area (Å²) in [6.07, 6.45) is 3.17. The lowest BCUT2D eigenvalue weighted by Crippen LogP contribution is -2.45. The maximum Gasteiger partial charge on any atom is 0.243 e. The first-order chi connectivity index (χ1) is 10.3. The van der Waals surface area contributed by atoms with E-state index in [-0.39, 0.29) is 17.2 Å². The molecule has 1 heterocycles. The standard InChI is InChI=1S/C15H30N4O2S/c1-15(2,22-5)11-18-14(17-9-13(20)19(3)4)16-8-12-6-7-21-10-12/h12H,6-11H2,1-5H3,(H2,16,17,18). The molecule has 0 aliphatic carbocycles. The predicted octanol–water partition coefficient (Wildman–Crippen LogP) is 0.788. The molecule has 7 heteroatoms. The Morgan fingerprint density at radius 1 is 1.41 bits per heavy atom. The summed E-state index contributed by atoms with van der Waals surface area (Å²) in [6.45, 7) is 7.76. The Bertz CT molecular complexity index is 380. The van der Waals surface area contributed by atoms with Crippen molar-refractivity contribution in [3.8, 4) is 0 Å². The molecule has 0 radical (unpaired) electrons. The van der Waals surface area contributed by atoms with Crippen molar-refractivity contribution in [3.63, 3.8) is 0 Å². The number of hydrogen-bond donors (Lipinski definition) is 2. The molecule has 1 aliphatic heterocycles. The zero-order valence-electron chi connectivity index (χ0n) is 14.4. The normalized spacial score (nSPS) is 19.1. The van der Waals surface area contributed by atoms with E-state index in [2.05, 4.69) is 35.7 Å². The summed E-state index contributed by atoms with van der Waals surface area (Å²) in [4.78, 5) is 17.7. The number of carbonyl (C=O) groups is 1. The third kappa shape index (κ3) is 7.35. The molecule has 1 amide bonds. The van der Waals surface area contributed by atoms with Gasteiger partial charge in [-0.3, -0.25) is 4.79 Å². The lowest BCUT2D eigenvalue weighted by atomic mass is 10.1. The molecule has 2 N–H and O–H groups in total. The molecule has 1 rings (SSSR count). The predicted molar refractivity (Wildman–Crippen MR) is 93.5 cm³/mol. The van der Waals surface area contributed by atoms with Gasteiger partial charge >= 0.3 is 0 Å². The highest BCUT2D eigenvalue weighted by Crippen LogP contribution is 2.19. The Balaban J connectivity index is 2.54. The highest BCUT2D eigenvalue weighted by Gasteiger charge is 2.18. The summed E-state index contributed by atoms with van der Waals surface area (Å²) in [5, 5.41) is 6.67. The van der Waals surface area contributed by atoms with Crippen LogP contribution < -0.4 is 10.6 Å². The fourth-order valence-corrected chi connectivity index (χ4v) is 2.03. The molecule has 1 saturated heterocycles. The van der Waals surface area contributed by atoms with Crippen molar-refractivity contribution >= 4 is 23.6 Å². The summed E-state index contributed by atoms with van der Waals surface area (Å²) in [5.74, 6) is 1.21. The molecule has 0 spiro atoms. The van der Waals surface area contributed by atoms with Crippen LogP contribution in [0.5, 0.6) is 0 Å². The lowest BCUT2D eigenvalue weighted by Gasteiger charge is -2.24. The monoisotopic (exact) mass is 330 g/mol. The number of likely N-dealkylation sites (N-methyl/N-ethyl adjacent to an activating group) is 1. The van der Waals surface area contributed by atoms with Crippen molar-refractivity contribution in [1.82, 2.24) is 15.5 Å². The maximum absolute atomic E-state index is 11.7. The third-order valence-electron chi connectivity index (χ3n) is 3.69. The van der Waals surface area contributed by atoms with Crippen molar-refractivity contribution in [1.29, 1.82) is 0 Å². The number of hydrogen-bond acceptors (Lipinski definition) is 4. The first kappa shape index (κ1) is 19.1. The lowest BCUT2D eigenvalue weighted by molar-refractivity contribution is -0.127. The molecular formula is C15H30N4O2S. The number of nitrogens with one attached hydrogen (secondary N) is 2. The van der Waals surface area contributed by atoms with Gasteiger partial charge in [0.1, 0.15) is 6.54 Å². The van der Waals surface area contributed by atoms with Crippen molar-refractivity contribution in [2.75, 3.05) is 53.2 Å². The number of amides is 1. The fraction of sp³-hybridized carbons (Fsp3) is 0.867. The van der Waals surface area contributed by atoms with E-state index in [0.717, 1.165) is 32.7 Å². The molecular weight excluding hydrogens is 300 g/mol. The quantitative estimate of drug-likeness (QED) is 0.534. The van der Waals surface area contributed by atoms with E-state index in [1.54, 1.807) is 30.8 Å². The second-order valence-corrected chi connectivity index (χ2v) is 7.89. The highest BCUT2D eigenvalue weighted by atomic mass is 32.2. The van der Waals surface area contributed by atoms with Crippen LogP contribution in [0, 0.1) is 5.92 Å². The maximum atomic E-state index is 11.7. The van der Waals surface area contributed by atoms with Crippen molar-refractivity contribution < 1.29 is 9.53 Å². The smallest absolute Gasteiger partial charge is 0.243 e. The average Bonchev–Trinajstić information content (AvgIpc) is 2.99. The van der Waals surface area contributed by atoms with Gasteiger partial charge in [-0.2, -0.15) is 11.8 Å². The van der Waals surface area contributed by atoms with E-state index in [4.69, 9.17) is 4.74 Å². The van der Waals surface area contributed by atoms with E-state index in [0.29, 0.717) is 11.9 Å². The van der Waals surface area contributed by atoms with Gasteiger partial charge in [-0.05, 0) is 26.5 Å². The first-order valence-corrected chi connectivity index (χ1v) is 8.92. The van der Waals surface area contributed by atoms with Gasteiger partial charge in [0, 0.05) is 44.5 Å². The van der Waals surface area contributed by atoms with E-state index in [1.807, 2.05) is 0 Å². The number of guanidine groups is 1. The summed E-state index contributed by atoms with van der Waals surface area (Å²) in [6, 6.07) is 0. The van der Waals surface area contributed by atoms with Gasteiger partial charge in [0.05, 0.1) is 6.61 Å². The van der Waals surface area contributed by atoms with E-state index in [1.165, 1.54) is 0 Å². The number of rotatable bonds is 7. The molecule has 0 bridgehead atoms. The topological polar surface area (TPSA) is 66.0 Å². The highest BCUT2D eigenvalue weighted by molar-refractivity contribution is 7.99. The molecule has 0 aromatic rings. The van der Waals surface area contributed by atoms with Gasteiger partial charge < -0.3 is 20.3 Å². The van der Waals surface area contributed by atoms with Crippen LogP contribution in [0.1, 0.15) is 20.3 Å². The van der Waals surface area contributed by atoms with Crippen LogP contribution in [0.3, 0.4) is 0 Å². The second-order valence-electron chi connectivity index (χ2n) is 6.38. The molecule has 1 unspecified atom stereocenters. The molecule has 1 fully saturated rings.